The van der Waals surface area contributed by atoms with Crippen molar-refractivity contribution in [3.63, 3.8) is 0 Å². The van der Waals surface area contributed by atoms with Crippen LogP contribution in [0.15, 0.2) is 0 Å². The molecule has 0 heterocycles. The average Bonchev–Trinajstić information content (AvgIpc) is 2.23. The smallest absolute Gasteiger partial charge is 0.317 e. The maximum absolute atomic E-state index is 11.8. The molecule has 0 unspecified atom stereocenters. The van der Waals surface area contributed by atoms with E-state index >= 15 is 0 Å². The lowest BCUT2D eigenvalue weighted by Crippen LogP contribution is -2.47. The van der Waals surface area contributed by atoms with Gasteiger partial charge in [-0.3, -0.25) is 14.5 Å². The summed E-state index contributed by atoms with van der Waals surface area (Å²) in [5.41, 5.74) is 0. The first-order chi connectivity index (χ1) is 8.40. The summed E-state index contributed by atoms with van der Waals surface area (Å²) >= 11 is 0. The van der Waals surface area contributed by atoms with Gasteiger partial charge in [0.05, 0.1) is 13.1 Å². The van der Waals surface area contributed by atoms with E-state index in [-0.39, 0.29) is 25.0 Å². The summed E-state index contributed by atoms with van der Waals surface area (Å²) in [7, 11) is 1.64. The molecule has 0 saturated heterocycles. The molecule has 0 aromatic rings. The number of carbonyl (C=O) groups excluding carboxylic acids is 1. The Balaban J connectivity index is 2.37. The number of hydrogen-bond acceptors (Lipinski definition) is 3. The first-order valence-electron chi connectivity index (χ1n) is 6.60. The van der Waals surface area contributed by atoms with Crippen molar-refractivity contribution in [3.8, 4) is 0 Å². The molecule has 1 saturated carbocycles. The fourth-order valence-electron chi connectivity index (χ4n) is 2.57. The largest absolute Gasteiger partial charge is 0.480 e. The molecule has 0 aromatic carbocycles. The number of amides is 1. The van der Waals surface area contributed by atoms with Gasteiger partial charge in [0.2, 0.25) is 5.91 Å². The molecular weight excluding hydrogens is 232 g/mol. The van der Waals surface area contributed by atoms with E-state index in [1.807, 2.05) is 0 Å². The van der Waals surface area contributed by atoms with Gasteiger partial charge in [-0.05, 0) is 25.3 Å². The first-order valence-corrected chi connectivity index (χ1v) is 6.60. The highest BCUT2D eigenvalue weighted by molar-refractivity contribution is 5.79. The Bertz CT molecular complexity index is 307. The molecular formula is C13H24N2O3. The molecule has 3 atom stereocenters. The Morgan fingerprint density at radius 2 is 1.94 bits per heavy atom. The molecule has 0 bridgehead atoms. The fourth-order valence-corrected chi connectivity index (χ4v) is 2.57. The number of aliphatic carboxylic acids is 1. The number of carboxylic acids is 1. The van der Waals surface area contributed by atoms with E-state index in [1.165, 1.54) is 11.3 Å². The maximum Gasteiger partial charge on any atom is 0.317 e. The monoisotopic (exact) mass is 256 g/mol. The van der Waals surface area contributed by atoms with Crippen LogP contribution >= 0.6 is 0 Å². The lowest BCUT2D eigenvalue weighted by molar-refractivity contribution is -0.138. The van der Waals surface area contributed by atoms with Crippen molar-refractivity contribution in [2.75, 3.05) is 20.1 Å². The summed E-state index contributed by atoms with van der Waals surface area (Å²) in [5, 5.41) is 11.7. The van der Waals surface area contributed by atoms with E-state index in [9.17, 15) is 9.59 Å². The maximum atomic E-state index is 11.8. The Labute approximate surface area is 109 Å². The molecule has 104 valence electrons. The van der Waals surface area contributed by atoms with Crippen molar-refractivity contribution in [2.45, 2.75) is 39.2 Å². The van der Waals surface area contributed by atoms with Crippen LogP contribution in [0.25, 0.3) is 0 Å². The highest BCUT2D eigenvalue weighted by atomic mass is 16.4. The third kappa shape index (κ3) is 4.64. The fraction of sp³-hybridized carbons (Fsp3) is 0.846. The van der Waals surface area contributed by atoms with Crippen molar-refractivity contribution < 1.29 is 14.7 Å². The van der Waals surface area contributed by atoms with Crippen LogP contribution in [0, 0.1) is 11.8 Å². The van der Waals surface area contributed by atoms with Crippen molar-refractivity contribution in [1.82, 2.24) is 10.2 Å². The summed E-state index contributed by atoms with van der Waals surface area (Å²) in [6, 6.07) is 0.236. The molecule has 0 spiro atoms. The molecule has 0 aliphatic heterocycles. The van der Waals surface area contributed by atoms with Crippen LogP contribution in [0.5, 0.6) is 0 Å². The minimum absolute atomic E-state index is 0.0790. The quantitative estimate of drug-likeness (QED) is 0.768. The zero-order valence-electron chi connectivity index (χ0n) is 11.5. The summed E-state index contributed by atoms with van der Waals surface area (Å²) in [6.45, 7) is 4.43. The van der Waals surface area contributed by atoms with Gasteiger partial charge in [0, 0.05) is 6.04 Å². The summed E-state index contributed by atoms with van der Waals surface area (Å²) in [5.74, 6) is 0.142. The number of hydrogen-bond donors (Lipinski definition) is 2. The molecule has 1 aliphatic carbocycles. The second-order valence-corrected chi connectivity index (χ2v) is 5.51. The number of nitrogens with zero attached hydrogens (tertiary/aromatic N) is 1. The molecule has 1 fully saturated rings. The summed E-state index contributed by atoms with van der Waals surface area (Å²) in [4.78, 5) is 23.8. The van der Waals surface area contributed by atoms with Crippen LogP contribution < -0.4 is 5.32 Å². The Morgan fingerprint density at radius 1 is 1.28 bits per heavy atom. The zero-order chi connectivity index (χ0) is 13.7. The molecule has 1 aliphatic rings. The lowest BCUT2D eigenvalue weighted by Gasteiger charge is -2.34. The molecule has 0 aromatic heterocycles. The van der Waals surface area contributed by atoms with Crippen molar-refractivity contribution in [2.24, 2.45) is 11.8 Å². The van der Waals surface area contributed by atoms with Gasteiger partial charge in [0.25, 0.3) is 0 Å². The summed E-state index contributed by atoms with van der Waals surface area (Å²) < 4.78 is 0. The van der Waals surface area contributed by atoms with Gasteiger partial charge >= 0.3 is 5.97 Å². The van der Waals surface area contributed by atoms with Crippen LogP contribution in [0.1, 0.15) is 33.1 Å². The SMILES string of the molecule is C[C@@H]1[C@H](C)CCC[C@@H]1NC(=O)CN(C)CC(=O)O. The van der Waals surface area contributed by atoms with Gasteiger partial charge in [-0.2, -0.15) is 0 Å². The number of nitrogens with one attached hydrogen (secondary N) is 1. The third-order valence-corrected chi connectivity index (χ3v) is 3.87. The van der Waals surface area contributed by atoms with E-state index in [2.05, 4.69) is 19.2 Å². The average molecular weight is 256 g/mol. The van der Waals surface area contributed by atoms with E-state index < -0.39 is 5.97 Å². The van der Waals surface area contributed by atoms with Crippen LogP contribution in [-0.2, 0) is 9.59 Å². The van der Waals surface area contributed by atoms with Gasteiger partial charge in [0.1, 0.15) is 0 Å². The highest BCUT2D eigenvalue weighted by Crippen LogP contribution is 2.29. The van der Waals surface area contributed by atoms with Crippen molar-refractivity contribution in [1.29, 1.82) is 0 Å². The molecule has 5 nitrogen and oxygen atoms in total. The molecule has 18 heavy (non-hydrogen) atoms. The third-order valence-electron chi connectivity index (χ3n) is 3.87. The molecule has 2 N–H and O–H groups in total. The van der Waals surface area contributed by atoms with Crippen LogP contribution in [0.3, 0.4) is 0 Å². The highest BCUT2D eigenvalue weighted by Gasteiger charge is 2.28. The predicted octanol–water partition coefficient (Wildman–Crippen LogP) is 0.944. The van der Waals surface area contributed by atoms with E-state index in [1.54, 1.807) is 7.05 Å². The van der Waals surface area contributed by atoms with E-state index in [0.717, 1.165) is 12.8 Å². The lowest BCUT2D eigenvalue weighted by atomic mass is 9.78. The molecule has 5 heteroatoms. The first kappa shape index (κ1) is 15.0. The minimum Gasteiger partial charge on any atom is -0.480 e. The molecule has 1 rings (SSSR count). The van der Waals surface area contributed by atoms with Gasteiger partial charge in [-0.25, -0.2) is 0 Å². The molecule has 0 radical (unpaired) electrons. The van der Waals surface area contributed by atoms with Gasteiger partial charge in [-0.1, -0.05) is 26.7 Å². The standard InChI is InChI=1S/C13H24N2O3/c1-9-5-4-6-11(10(9)2)14-12(16)7-15(3)8-13(17)18/h9-11H,4-8H2,1-3H3,(H,14,16)(H,17,18)/t9-,10-,11+/m1/s1. The number of likely N-dealkylation sites (N-methyl/N-ethyl adjacent to an activating group) is 1. The second kappa shape index (κ2) is 6.73. The van der Waals surface area contributed by atoms with Gasteiger partial charge < -0.3 is 10.4 Å². The van der Waals surface area contributed by atoms with E-state index in [0.29, 0.717) is 11.8 Å². The van der Waals surface area contributed by atoms with Crippen LogP contribution in [0.4, 0.5) is 0 Å². The predicted molar refractivity (Wildman–Crippen MR) is 69.2 cm³/mol. The number of carboxylic acid groups (broad SMARTS) is 1. The topological polar surface area (TPSA) is 69.6 Å². The number of rotatable bonds is 5. The van der Waals surface area contributed by atoms with Crippen molar-refractivity contribution in [3.05, 3.63) is 0 Å². The van der Waals surface area contributed by atoms with Crippen LogP contribution in [-0.4, -0.2) is 48.1 Å². The molecule has 1 amide bonds. The Kier molecular flexibility index (Phi) is 5.59. The van der Waals surface area contributed by atoms with E-state index in [4.69, 9.17) is 5.11 Å². The van der Waals surface area contributed by atoms with Gasteiger partial charge in [-0.15, -0.1) is 0 Å². The number of carbonyl (C=O) groups is 2. The minimum atomic E-state index is -0.912. The van der Waals surface area contributed by atoms with Gasteiger partial charge in [0.15, 0.2) is 0 Å². The second-order valence-electron chi connectivity index (χ2n) is 5.51. The summed E-state index contributed by atoms with van der Waals surface area (Å²) in [6.07, 6.45) is 3.41. The zero-order valence-corrected chi connectivity index (χ0v) is 11.5. The normalized spacial score (nSPS) is 28.1. The van der Waals surface area contributed by atoms with Crippen LogP contribution in [0.2, 0.25) is 0 Å². The van der Waals surface area contributed by atoms with Crippen molar-refractivity contribution >= 4 is 11.9 Å². The Hall–Kier alpha value is -1.10. The Morgan fingerprint density at radius 3 is 2.56 bits per heavy atom.